The zero-order valence-electron chi connectivity index (χ0n) is 16.2. The van der Waals surface area contributed by atoms with Crippen LogP contribution in [0.15, 0.2) is 48.5 Å². The Balaban J connectivity index is 1.52. The van der Waals surface area contributed by atoms with E-state index in [2.05, 4.69) is 4.90 Å². The summed E-state index contributed by atoms with van der Waals surface area (Å²) in [6, 6.07) is 13.4. The molecule has 0 spiro atoms. The lowest BCUT2D eigenvalue weighted by atomic mass is 10.1. The summed E-state index contributed by atoms with van der Waals surface area (Å²) in [6.45, 7) is 3.93. The SMILES string of the molecule is COc1ccc(CN2CCN(C(=O)/C=C/c3cccc(Cl)c3)CC2)cc1OC. The van der Waals surface area contributed by atoms with E-state index in [1.54, 1.807) is 20.3 Å². The molecule has 0 aliphatic carbocycles. The summed E-state index contributed by atoms with van der Waals surface area (Å²) in [4.78, 5) is 16.7. The Morgan fingerprint density at radius 2 is 1.79 bits per heavy atom. The molecule has 28 heavy (non-hydrogen) atoms. The highest BCUT2D eigenvalue weighted by Gasteiger charge is 2.20. The van der Waals surface area contributed by atoms with E-state index in [1.807, 2.05) is 53.4 Å². The average molecular weight is 401 g/mol. The van der Waals surface area contributed by atoms with Crippen molar-refractivity contribution in [1.82, 2.24) is 9.80 Å². The maximum absolute atomic E-state index is 12.4. The lowest BCUT2D eigenvalue weighted by molar-refractivity contribution is -0.127. The molecule has 6 heteroatoms. The van der Waals surface area contributed by atoms with Gasteiger partial charge in [0, 0.05) is 43.8 Å². The Morgan fingerprint density at radius 1 is 1.04 bits per heavy atom. The van der Waals surface area contributed by atoms with Gasteiger partial charge in [0.2, 0.25) is 5.91 Å². The molecule has 0 unspecified atom stereocenters. The van der Waals surface area contributed by atoms with Crippen molar-refractivity contribution in [3.63, 3.8) is 0 Å². The van der Waals surface area contributed by atoms with Crippen LogP contribution in [0.1, 0.15) is 11.1 Å². The summed E-state index contributed by atoms with van der Waals surface area (Å²) >= 11 is 5.98. The van der Waals surface area contributed by atoms with Crippen LogP contribution in [0.4, 0.5) is 0 Å². The molecule has 0 radical (unpaired) electrons. The molecule has 0 atom stereocenters. The molecular weight excluding hydrogens is 376 g/mol. The van der Waals surface area contributed by atoms with E-state index in [4.69, 9.17) is 21.1 Å². The minimum Gasteiger partial charge on any atom is -0.493 e. The molecule has 2 aromatic carbocycles. The highest BCUT2D eigenvalue weighted by molar-refractivity contribution is 6.30. The van der Waals surface area contributed by atoms with Gasteiger partial charge in [-0.25, -0.2) is 0 Å². The molecule has 1 saturated heterocycles. The molecule has 2 aromatic rings. The summed E-state index contributed by atoms with van der Waals surface area (Å²) in [6.07, 6.45) is 3.43. The number of rotatable bonds is 6. The fourth-order valence-corrected chi connectivity index (χ4v) is 3.45. The van der Waals surface area contributed by atoms with E-state index < -0.39 is 0 Å². The van der Waals surface area contributed by atoms with Crippen molar-refractivity contribution < 1.29 is 14.3 Å². The van der Waals surface area contributed by atoms with Gasteiger partial charge < -0.3 is 14.4 Å². The first-order valence-electron chi connectivity index (χ1n) is 9.25. The third-order valence-electron chi connectivity index (χ3n) is 4.81. The van der Waals surface area contributed by atoms with E-state index in [1.165, 1.54) is 5.56 Å². The zero-order chi connectivity index (χ0) is 19.9. The van der Waals surface area contributed by atoms with Crippen molar-refractivity contribution in [1.29, 1.82) is 0 Å². The number of halogens is 1. The molecule has 0 saturated carbocycles. The number of carbonyl (C=O) groups is 1. The maximum atomic E-state index is 12.4. The quantitative estimate of drug-likeness (QED) is 0.693. The van der Waals surface area contributed by atoms with Crippen molar-refractivity contribution in [2.24, 2.45) is 0 Å². The van der Waals surface area contributed by atoms with Crippen molar-refractivity contribution in [3.05, 3.63) is 64.7 Å². The van der Waals surface area contributed by atoms with Gasteiger partial charge in [-0.2, -0.15) is 0 Å². The predicted octanol–water partition coefficient (Wildman–Crippen LogP) is 3.71. The maximum Gasteiger partial charge on any atom is 0.246 e. The number of amides is 1. The monoisotopic (exact) mass is 400 g/mol. The Bertz CT molecular complexity index is 845. The van der Waals surface area contributed by atoms with Crippen LogP contribution in [0.3, 0.4) is 0 Å². The van der Waals surface area contributed by atoms with Crippen molar-refractivity contribution in [2.75, 3.05) is 40.4 Å². The van der Waals surface area contributed by atoms with Gasteiger partial charge in [-0.15, -0.1) is 0 Å². The number of methoxy groups -OCH3 is 2. The second-order valence-corrected chi connectivity index (χ2v) is 7.12. The Morgan fingerprint density at radius 3 is 2.46 bits per heavy atom. The van der Waals surface area contributed by atoms with Gasteiger partial charge in [0.1, 0.15) is 0 Å². The molecule has 1 aliphatic rings. The van der Waals surface area contributed by atoms with E-state index in [0.29, 0.717) is 18.1 Å². The summed E-state index contributed by atoms with van der Waals surface area (Å²) in [5.74, 6) is 1.50. The van der Waals surface area contributed by atoms with Crippen LogP contribution in [0.5, 0.6) is 11.5 Å². The topological polar surface area (TPSA) is 42.0 Å². The lowest BCUT2D eigenvalue weighted by Gasteiger charge is -2.34. The summed E-state index contributed by atoms with van der Waals surface area (Å²) in [7, 11) is 3.28. The molecule has 1 heterocycles. The number of nitrogens with zero attached hydrogens (tertiary/aromatic N) is 2. The first-order valence-corrected chi connectivity index (χ1v) is 9.62. The van der Waals surface area contributed by atoms with E-state index in [-0.39, 0.29) is 5.91 Å². The van der Waals surface area contributed by atoms with Crippen LogP contribution in [0.25, 0.3) is 6.08 Å². The van der Waals surface area contributed by atoms with Crippen LogP contribution >= 0.6 is 11.6 Å². The molecule has 1 amide bonds. The van der Waals surface area contributed by atoms with Crippen molar-refractivity contribution in [3.8, 4) is 11.5 Å². The fraction of sp³-hybridized carbons (Fsp3) is 0.318. The Hall–Kier alpha value is -2.50. The van der Waals surface area contributed by atoms with E-state index >= 15 is 0 Å². The van der Waals surface area contributed by atoms with Crippen LogP contribution < -0.4 is 9.47 Å². The molecule has 0 bridgehead atoms. The second-order valence-electron chi connectivity index (χ2n) is 6.68. The minimum atomic E-state index is 0.0331. The molecular formula is C22H25ClN2O3. The fourth-order valence-electron chi connectivity index (χ4n) is 3.25. The number of benzene rings is 2. The Kier molecular flexibility index (Phi) is 6.95. The lowest BCUT2D eigenvalue weighted by Crippen LogP contribution is -2.47. The van der Waals surface area contributed by atoms with E-state index in [9.17, 15) is 4.79 Å². The highest BCUT2D eigenvalue weighted by Crippen LogP contribution is 2.28. The largest absolute Gasteiger partial charge is 0.493 e. The molecule has 0 aromatic heterocycles. The number of hydrogen-bond donors (Lipinski definition) is 0. The summed E-state index contributed by atoms with van der Waals surface area (Å²) in [5, 5.41) is 0.665. The van der Waals surface area contributed by atoms with E-state index in [0.717, 1.165) is 36.7 Å². The third-order valence-corrected chi connectivity index (χ3v) is 5.04. The van der Waals surface area contributed by atoms with Crippen molar-refractivity contribution >= 4 is 23.6 Å². The molecule has 3 rings (SSSR count). The third kappa shape index (κ3) is 5.27. The molecule has 0 N–H and O–H groups in total. The molecule has 5 nitrogen and oxygen atoms in total. The smallest absolute Gasteiger partial charge is 0.246 e. The molecule has 1 fully saturated rings. The van der Waals surface area contributed by atoms with Crippen LogP contribution in [-0.4, -0.2) is 56.1 Å². The number of piperazine rings is 1. The predicted molar refractivity (Wildman–Crippen MR) is 112 cm³/mol. The van der Waals surface area contributed by atoms with Gasteiger partial charge in [-0.1, -0.05) is 29.8 Å². The first-order chi connectivity index (χ1) is 13.6. The van der Waals surface area contributed by atoms with Crippen LogP contribution in [0.2, 0.25) is 5.02 Å². The average Bonchev–Trinajstić information content (AvgIpc) is 2.72. The second kappa shape index (κ2) is 9.62. The minimum absolute atomic E-state index is 0.0331. The first kappa shape index (κ1) is 20.2. The van der Waals surface area contributed by atoms with Crippen LogP contribution in [-0.2, 0) is 11.3 Å². The van der Waals surface area contributed by atoms with Gasteiger partial charge in [-0.3, -0.25) is 9.69 Å². The molecule has 1 aliphatic heterocycles. The van der Waals surface area contributed by atoms with Gasteiger partial charge in [0.05, 0.1) is 14.2 Å². The number of carbonyl (C=O) groups excluding carboxylic acids is 1. The summed E-state index contributed by atoms with van der Waals surface area (Å²) in [5.41, 5.74) is 2.09. The van der Waals surface area contributed by atoms with Gasteiger partial charge >= 0.3 is 0 Å². The zero-order valence-corrected chi connectivity index (χ0v) is 17.0. The number of hydrogen-bond acceptors (Lipinski definition) is 4. The highest BCUT2D eigenvalue weighted by atomic mass is 35.5. The van der Waals surface area contributed by atoms with Gasteiger partial charge in [-0.05, 0) is 41.5 Å². The Labute approximate surface area is 171 Å². The normalized spacial score (nSPS) is 15.0. The standard InChI is InChI=1S/C22H25ClN2O3/c1-27-20-8-6-18(15-21(20)28-2)16-24-10-12-25(13-11-24)22(26)9-7-17-4-3-5-19(23)14-17/h3-9,14-15H,10-13,16H2,1-2H3/b9-7+. The number of ether oxygens (including phenoxy) is 2. The molecule has 148 valence electrons. The summed E-state index contributed by atoms with van der Waals surface area (Å²) < 4.78 is 10.7. The van der Waals surface area contributed by atoms with Crippen LogP contribution in [0, 0.1) is 0 Å². The van der Waals surface area contributed by atoms with Gasteiger partial charge in [0.25, 0.3) is 0 Å². The van der Waals surface area contributed by atoms with Gasteiger partial charge in [0.15, 0.2) is 11.5 Å². The van der Waals surface area contributed by atoms with Crippen molar-refractivity contribution in [2.45, 2.75) is 6.54 Å².